The Balaban J connectivity index is 2.33. The molecule has 7 heteroatoms. The van der Waals surface area contributed by atoms with Crippen molar-refractivity contribution >= 4 is 15.9 Å². The molecule has 19 heavy (non-hydrogen) atoms. The lowest BCUT2D eigenvalue weighted by atomic mass is 10.2. The van der Waals surface area contributed by atoms with Gasteiger partial charge in [0.1, 0.15) is 0 Å². The van der Waals surface area contributed by atoms with E-state index >= 15 is 0 Å². The molecule has 1 aromatic heterocycles. The molecular weight excluding hydrogens is 320 g/mol. The molecule has 2 aromatic rings. The molecule has 0 aliphatic carbocycles. The topological polar surface area (TPSA) is 61.0 Å². The summed E-state index contributed by atoms with van der Waals surface area (Å²) in [4.78, 5) is 7.91. The highest BCUT2D eigenvalue weighted by Gasteiger charge is 2.14. The summed E-state index contributed by atoms with van der Waals surface area (Å²) in [6.45, 7) is 2.03. The highest BCUT2D eigenvalue weighted by molar-refractivity contribution is 9.10. The molecule has 0 bridgehead atoms. The summed E-state index contributed by atoms with van der Waals surface area (Å²) >= 11 is 3.05. The van der Waals surface area contributed by atoms with Gasteiger partial charge in [0.2, 0.25) is 5.82 Å². The lowest BCUT2D eigenvalue weighted by Gasteiger charge is -2.08. The van der Waals surface area contributed by atoms with E-state index in [0.717, 1.165) is 11.6 Å². The maximum absolute atomic E-state index is 13.5. The van der Waals surface area contributed by atoms with E-state index in [-0.39, 0.29) is 11.8 Å². The predicted octanol–water partition coefficient (Wildman–Crippen LogP) is 3.08. The predicted molar refractivity (Wildman–Crippen MR) is 68.8 cm³/mol. The van der Waals surface area contributed by atoms with Gasteiger partial charge in [0.05, 0.1) is 0 Å². The molecule has 0 saturated heterocycles. The minimum atomic E-state index is -1.09. The van der Waals surface area contributed by atoms with Gasteiger partial charge in [-0.1, -0.05) is 15.9 Å². The Labute approximate surface area is 116 Å². The van der Waals surface area contributed by atoms with Crippen LogP contribution in [-0.4, -0.2) is 9.97 Å². The first-order chi connectivity index (χ1) is 9.01. The molecule has 100 valence electrons. The number of ether oxygens (including phenoxy) is 1. The summed E-state index contributed by atoms with van der Waals surface area (Å²) in [5, 5.41) is 0. The Morgan fingerprint density at radius 3 is 2.74 bits per heavy atom. The van der Waals surface area contributed by atoms with E-state index in [0.29, 0.717) is 16.7 Å². The Bertz CT molecular complexity index is 622. The van der Waals surface area contributed by atoms with Crippen LogP contribution in [0, 0.1) is 18.6 Å². The molecule has 0 amide bonds. The quantitative estimate of drug-likeness (QED) is 0.879. The average Bonchev–Trinajstić information content (AvgIpc) is 2.35. The third-order valence-corrected chi connectivity index (χ3v) is 2.90. The van der Waals surface area contributed by atoms with E-state index in [9.17, 15) is 8.78 Å². The second-order valence-corrected chi connectivity index (χ2v) is 4.68. The van der Waals surface area contributed by atoms with Crippen molar-refractivity contribution in [1.82, 2.24) is 9.97 Å². The second kappa shape index (κ2) is 5.58. The fourth-order valence-electron chi connectivity index (χ4n) is 1.43. The molecule has 0 radical (unpaired) electrons. The number of hydrogen-bond donors (Lipinski definition) is 1. The van der Waals surface area contributed by atoms with E-state index in [1.807, 2.05) is 0 Å². The molecule has 2 N–H and O–H groups in total. The number of halogens is 3. The standard InChI is InChI=1S/C12H10BrF2N3O/c1-6-7(4-16)5-17-12(18-6)19-10-3-8(13)2-9(14)11(10)15/h2-3,5H,4,16H2,1H3. The lowest BCUT2D eigenvalue weighted by Crippen LogP contribution is -2.04. The summed E-state index contributed by atoms with van der Waals surface area (Å²) < 4.78 is 32.2. The zero-order chi connectivity index (χ0) is 14.0. The molecule has 4 nitrogen and oxygen atoms in total. The second-order valence-electron chi connectivity index (χ2n) is 3.77. The van der Waals surface area contributed by atoms with Crippen LogP contribution in [0.5, 0.6) is 11.8 Å². The maximum Gasteiger partial charge on any atom is 0.322 e. The average molecular weight is 330 g/mol. The van der Waals surface area contributed by atoms with Gasteiger partial charge in [-0.15, -0.1) is 0 Å². The van der Waals surface area contributed by atoms with Gasteiger partial charge in [-0.2, -0.15) is 9.37 Å². The monoisotopic (exact) mass is 329 g/mol. The summed E-state index contributed by atoms with van der Waals surface area (Å²) in [5.41, 5.74) is 6.87. The Morgan fingerprint density at radius 2 is 2.11 bits per heavy atom. The van der Waals surface area contributed by atoms with Crippen molar-refractivity contribution < 1.29 is 13.5 Å². The van der Waals surface area contributed by atoms with Crippen LogP contribution in [0.1, 0.15) is 11.3 Å². The first-order valence-corrected chi connectivity index (χ1v) is 6.15. The van der Waals surface area contributed by atoms with Gasteiger partial charge >= 0.3 is 6.01 Å². The number of benzene rings is 1. The van der Waals surface area contributed by atoms with Crippen molar-refractivity contribution in [2.45, 2.75) is 13.5 Å². The van der Waals surface area contributed by atoms with Gasteiger partial charge in [0, 0.05) is 28.5 Å². The van der Waals surface area contributed by atoms with E-state index in [2.05, 4.69) is 25.9 Å². The van der Waals surface area contributed by atoms with E-state index in [4.69, 9.17) is 10.5 Å². The zero-order valence-electron chi connectivity index (χ0n) is 9.95. The van der Waals surface area contributed by atoms with Gasteiger partial charge in [-0.3, -0.25) is 0 Å². The van der Waals surface area contributed by atoms with Gasteiger partial charge in [0.25, 0.3) is 0 Å². The van der Waals surface area contributed by atoms with Crippen LogP contribution in [0.25, 0.3) is 0 Å². The number of nitrogens with zero attached hydrogens (tertiary/aromatic N) is 2. The molecule has 1 aromatic carbocycles. The van der Waals surface area contributed by atoms with Gasteiger partial charge in [-0.05, 0) is 19.1 Å². The molecule has 0 atom stereocenters. The molecule has 0 spiro atoms. The lowest BCUT2D eigenvalue weighted by molar-refractivity contribution is 0.391. The normalized spacial score (nSPS) is 10.6. The Kier molecular flexibility index (Phi) is 4.06. The van der Waals surface area contributed by atoms with Crippen LogP contribution in [0.3, 0.4) is 0 Å². The van der Waals surface area contributed by atoms with Crippen LogP contribution >= 0.6 is 15.9 Å². The fraction of sp³-hybridized carbons (Fsp3) is 0.167. The van der Waals surface area contributed by atoms with E-state index < -0.39 is 11.6 Å². The Hall–Kier alpha value is -1.60. The van der Waals surface area contributed by atoms with E-state index in [1.54, 1.807) is 6.92 Å². The van der Waals surface area contributed by atoms with E-state index in [1.165, 1.54) is 12.3 Å². The number of nitrogens with two attached hydrogens (primary N) is 1. The first kappa shape index (κ1) is 13.8. The van der Waals surface area contributed by atoms with Gasteiger partial charge < -0.3 is 10.5 Å². The van der Waals surface area contributed by atoms with Gasteiger partial charge in [0.15, 0.2) is 11.6 Å². The fourth-order valence-corrected chi connectivity index (χ4v) is 1.83. The van der Waals surface area contributed by atoms with Crippen LogP contribution in [-0.2, 0) is 6.54 Å². The van der Waals surface area contributed by atoms with Crippen molar-refractivity contribution in [2.75, 3.05) is 0 Å². The molecule has 2 rings (SSSR count). The highest BCUT2D eigenvalue weighted by atomic mass is 79.9. The van der Waals surface area contributed by atoms with Gasteiger partial charge in [-0.25, -0.2) is 9.37 Å². The SMILES string of the molecule is Cc1nc(Oc2cc(Br)cc(F)c2F)ncc1CN. The molecule has 1 heterocycles. The van der Waals surface area contributed by atoms with Crippen LogP contribution in [0.4, 0.5) is 8.78 Å². The summed E-state index contributed by atoms with van der Waals surface area (Å²) in [6.07, 6.45) is 1.49. The van der Waals surface area contributed by atoms with Crippen molar-refractivity contribution in [2.24, 2.45) is 5.73 Å². The largest absolute Gasteiger partial charge is 0.421 e. The maximum atomic E-state index is 13.5. The third-order valence-electron chi connectivity index (χ3n) is 2.44. The molecule has 0 unspecified atom stereocenters. The minimum absolute atomic E-state index is 0.0638. The summed E-state index contributed by atoms with van der Waals surface area (Å²) in [6, 6.07) is 2.24. The number of aromatic nitrogens is 2. The number of rotatable bonds is 3. The number of aryl methyl sites for hydroxylation is 1. The molecule has 0 aliphatic heterocycles. The van der Waals surface area contributed by atoms with Crippen molar-refractivity contribution in [3.05, 3.63) is 45.7 Å². The third kappa shape index (κ3) is 3.05. The van der Waals surface area contributed by atoms with Crippen LogP contribution in [0.15, 0.2) is 22.8 Å². The smallest absolute Gasteiger partial charge is 0.322 e. The number of hydrogen-bond acceptors (Lipinski definition) is 4. The van der Waals surface area contributed by atoms with Crippen molar-refractivity contribution in [3.8, 4) is 11.8 Å². The molecule has 0 fully saturated rings. The molecular formula is C12H10BrF2N3O. The first-order valence-electron chi connectivity index (χ1n) is 5.36. The molecule has 0 aliphatic rings. The highest BCUT2D eigenvalue weighted by Crippen LogP contribution is 2.28. The molecule has 0 saturated carbocycles. The van der Waals surface area contributed by atoms with Crippen LogP contribution in [0.2, 0.25) is 0 Å². The zero-order valence-corrected chi connectivity index (χ0v) is 11.5. The summed E-state index contributed by atoms with van der Waals surface area (Å²) in [5.74, 6) is -2.39. The Morgan fingerprint density at radius 1 is 1.37 bits per heavy atom. The minimum Gasteiger partial charge on any atom is -0.421 e. The summed E-state index contributed by atoms with van der Waals surface area (Å²) in [7, 11) is 0. The van der Waals surface area contributed by atoms with Crippen LogP contribution < -0.4 is 10.5 Å². The van der Waals surface area contributed by atoms with Crippen molar-refractivity contribution in [1.29, 1.82) is 0 Å². The van der Waals surface area contributed by atoms with Crippen molar-refractivity contribution in [3.63, 3.8) is 0 Å².